The Hall–Kier alpha value is -2.26. The second kappa shape index (κ2) is 8.83. The number of imide groups is 1. The number of halogens is 1. The van der Waals surface area contributed by atoms with Crippen LogP contribution in [0.15, 0.2) is 54.0 Å². The van der Waals surface area contributed by atoms with Crippen molar-refractivity contribution in [1.29, 1.82) is 0 Å². The van der Waals surface area contributed by atoms with Gasteiger partial charge in [-0.2, -0.15) is 0 Å². The first-order valence-corrected chi connectivity index (χ1v) is 10.3. The Bertz CT molecular complexity index is 969. The summed E-state index contributed by atoms with van der Waals surface area (Å²) in [5.74, 6) is 0.0287. The van der Waals surface area contributed by atoms with Gasteiger partial charge < -0.3 is 9.84 Å². The maximum atomic E-state index is 12.7. The molecule has 1 aliphatic rings. The molecule has 28 heavy (non-hydrogen) atoms. The van der Waals surface area contributed by atoms with Crippen molar-refractivity contribution < 1.29 is 19.4 Å². The number of carbonyl (C=O) groups is 2. The molecule has 0 spiro atoms. The third-order valence-corrected chi connectivity index (χ3v) is 5.81. The van der Waals surface area contributed by atoms with Crippen molar-refractivity contribution in [1.82, 2.24) is 4.90 Å². The Kier molecular flexibility index (Phi) is 6.46. The fourth-order valence-electron chi connectivity index (χ4n) is 2.80. The topological polar surface area (TPSA) is 66.8 Å². The van der Waals surface area contributed by atoms with E-state index in [1.165, 1.54) is 12.0 Å². The minimum Gasteiger partial charge on any atom is -0.504 e. The Morgan fingerprint density at radius 3 is 2.61 bits per heavy atom. The Labute approximate surface area is 181 Å². The van der Waals surface area contributed by atoms with Crippen LogP contribution in [0.3, 0.4) is 0 Å². The molecule has 0 radical (unpaired) electrons. The largest absolute Gasteiger partial charge is 0.504 e. The van der Waals surface area contributed by atoms with Gasteiger partial charge >= 0.3 is 0 Å². The van der Waals surface area contributed by atoms with Gasteiger partial charge in [0.2, 0.25) is 0 Å². The Morgan fingerprint density at radius 2 is 1.96 bits per heavy atom. The van der Waals surface area contributed by atoms with Gasteiger partial charge in [0.1, 0.15) is 0 Å². The number of phenols is 1. The van der Waals surface area contributed by atoms with Gasteiger partial charge in [-0.15, -0.1) is 6.58 Å². The molecular formula is C21H18INO4S. The highest BCUT2D eigenvalue weighted by molar-refractivity contribution is 14.1. The molecule has 1 heterocycles. The molecule has 0 unspecified atom stereocenters. The van der Waals surface area contributed by atoms with Crippen LogP contribution in [0.1, 0.15) is 16.7 Å². The molecule has 0 aliphatic carbocycles. The number of aromatic hydroxyl groups is 1. The average Bonchev–Trinajstić information content (AvgIpc) is 2.93. The number of hydrogen-bond donors (Lipinski definition) is 1. The average molecular weight is 507 g/mol. The van der Waals surface area contributed by atoms with Gasteiger partial charge in [0.25, 0.3) is 11.1 Å². The van der Waals surface area contributed by atoms with E-state index < -0.39 is 0 Å². The highest BCUT2D eigenvalue weighted by atomic mass is 127. The fourth-order valence-corrected chi connectivity index (χ4v) is 4.00. The van der Waals surface area contributed by atoms with Crippen molar-refractivity contribution in [2.75, 3.05) is 7.11 Å². The van der Waals surface area contributed by atoms with Gasteiger partial charge in [-0.1, -0.05) is 18.2 Å². The maximum Gasteiger partial charge on any atom is 0.293 e. The zero-order valence-corrected chi connectivity index (χ0v) is 18.1. The summed E-state index contributed by atoms with van der Waals surface area (Å²) in [6, 6.07) is 11.1. The quantitative estimate of drug-likeness (QED) is 0.340. The molecule has 2 aromatic rings. The summed E-state index contributed by atoms with van der Waals surface area (Å²) in [6.07, 6.45) is 3.78. The number of carbonyl (C=O) groups excluding carboxylic acids is 2. The van der Waals surface area contributed by atoms with Crippen LogP contribution in [0.5, 0.6) is 11.5 Å². The zero-order valence-electron chi connectivity index (χ0n) is 15.1. The number of ether oxygens (including phenoxy) is 1. The number of rotatable bonds is 6. The second-order valence-corrected chi connectivity index (χ2v) is 8.36. The van der Waals surface area contributed by atoms with Crippen molar-refractivity contribution in [2.24, 2.45) is 0 Å². The molecule has 2 amide bonds. The normalized spacial score (nSPS) is 15.4. The molecule has 144 valence electrons. The Morgan fingerprint density at radius 1 is 1.25 bits per heavy atom. The van der Waals surface area contributed by atoms with E-state index in [0.29, 0.717) is 28.2 Å². The summed E-state index contributed by atoms with van der Waals surface area (Å²) in [7, 11) is 1.46. The van der Waals surface area contributed by atoms with Gasteiger partial charge in [0.15, 0.2) is 11.5 Å². The Balaban J connectivity index is 1.88. The second-order valence-electron chi connectivity index (χ2n) is 6.12. The van der Waals surface area contributed by atoms with Gasteiger partial charge in [0.05, 0.1) is 18.6 Å². The van der Waals surface area contributed by atoms with Gasteiger partial charge in [-0.25, -0.2) is 0 Å². The summed E-state index contributed by atoms with van der Waals surface area (Å²) in [6.45, 7) is 3.92. The predicted molar refractivity (Wildman–Crippen MR) is 119 cm³/mol. The number of methoxy groups -OCH3 is 1. The first-order chi connectivity index (χ1) is 13.4. The van der Waals surface area contributed by atoms with E-state index in [0.717, 1.165) is 20.9 Å². The number of thioether (sulfide) groups is 1. The first-order valence-electron chi connectivity index (χ1n) is 8.43. The standard InChI is InChI=1S/C21H18INO4S/c1-3-4-15-9-14(10-17(27-2)19(15)24)11-18-20(25)23(21(26)28-18)12-13-5-7-16(22)8-6-13/h3,5-11,24H,1,4,12H2,2H3/b18-11-. The van der Waals surface area contributed by atoms with Crippen LogP contribution < -0.4 is 4.74 Å². The third-order valence-electron chi connectivity index (χ3n) is 4.19. The lowest BCUT2D eigenvalue weighted by Crippen LogP contribution is -2.27. The van der Waals surface area contributed by atoms with Crippen LogP contribution in [0.2, 0.25) is 0 Å². The molecule has 1 fully saturated rings. The summed E-state index contributed by atoms with van der Waals surface area (Å²) in [5.41, 5.74) is 2.20. The van der Waals surface area contributed by atoms with E-state index in [-0.39, 0.29) is 23.4 Å². The van der Waals surface area contributed by atoms with Gasteiger partial charge in [-0.3, -0.25) is 14.5 Å². The molecule has 1 N–H and O–H groups in total. The fraction of sp³-hybridized carbons (Fsp3) is 0.143. The van der Waals surface area contributed by atoms with Crippen LogP contribution in [-0.4, -0.2) is 28.3 Å². The highest BCUT2D eigenvalue weighted by Crippen LogP contribution is 2.36. The monoisotopic (exact) mass is 507 g/mol. The first kappa shape index (κ1) is 20.5. The molecule has 1 saturated heterocycles. The minimum absolute atomic E-state index is 0.0476. The molecule has 0 aromatic heterocycles. The lowest BCUT2D eigenvalue weighted by atomic mass is 10.1. The summed E-state index contributed by atoms with van der Waals surface area (Å²) in [4.78, 5) is 26.7. The van der Waals surface area contributed by atoms with Gasteiger partial charge in [0, 0.05) is 9.13 Å². The van der Waals surface area contributed by atoms with Crippen LogP contribution in [0, 0.1) is 3.57 Å². The number of amides is 2. The summed E-state index contributed by atoms with van der Waals surface area (Å²) < 4.78 is 6.30. The van der Waals surface area contributed by atoms with Crippen LogP contribution in [0.4, 0.5) is 4.79 Å². The zero-order chi connectivity index (χ0) is 20.3. The van der Waals surface area contributed by atoms with Crippen LogP contribution >= 0.6 is 34.4 Å². The number of benzene rings is 2. The SMILES string of the molecule is C=CCc1cc(/C=C2\SC(=O)N(Cc3ccc(I)cc3)C2=O)cc(OC)c1O. The van der Waals surface area contributed by atoms with E-state index in [9.17, 15) is 14.7 Å². The molecule has 2 aromatic carbocycles. The molecule has 0 bridgehead atoms. The number of nitrogens with zero attached hydrogens (tertiary/aromatic N) is 1. The van der Waals surface area contributed by atoms with Crippen molar-refractivity contribution in [2.45, 2.75) is 13.0 Å². The van der Waals surface area contributed by atoms with Crippen molar-refractivity contribution >= 4 is 51.6 Å². The molecule has 3 rings (SSSR count). The van der Waals surface area contributed by atoms with Crippen LogP contribution in [0.25, 0.3) is 6.08 Å². The van der Waals surface area contributed by atoms with E-state index in [1.807, 2.05) is 24.3 Å². The molecule has 0 saturated carbocycles. The third kappa shape index (κ3) is 4.41. The number of phenolic OH excluding ortho intramolecular Hbond substituents is 1. The lowest BCUT2D eigenvalue weighted by molar-refractivity contribution is -0.123. The molecule has 5 nitrogen and oxygen atoms in total. The molecule has 7 heteroatoms. The van der Waals surface area contributed by atoms with Gasteiger partial charge in [-0.05, 0) is 82.2 Å². The molecule has 0 atom stereocenters. The number of hydrogen-bond acceptors (Lipinski definition) is 5. The summed E-state index contributed by atoms with van der Waals surface area (Å²) >= 11 is 3.12. The molecule has 1 aliphatic heterocycles. The van der Waals surface area contributed by atoms with E-state index in [1.54, 1.807) is 24.3 Å². The van der Waals surface area contributed by atoms with Crippen molar-refractivity contribution in [3.05, 3.63) is 74.2 Å². The predicted octanol–water partition coefficient (Wildman–Crippen LogP) is 4.97. The number of allylic oxidation sites excluding steroid dienone is 1. The van der Waals surface area contributed by atoms with E-state index in [4.69, 9.17) is 4.74 Å². The van der Waals surface area contributed by atoms with E-state index >= 15 is 0 Å². The van der Waals surface area contributed by atoms with E-state index in [2.05, 4.69) is 29.2 Å². The maximum absolute atomic E-state index is 12.7. The summed E-state index contributed by atoms with van der Waals surface area (Å²) in [5, 5.41) is 9.90. The van der Waals surface area contributed by atoms with Crippen molar-refractivity contribution in [3.63, 3.8) is 0 Å². The molecular weight excluding hydrogens is 489 g/mol. The van der Waals surface area contributed by atoms with Crippen LogP contribution in [-0.2, 0) is 17.8 Å². The lowest BCUT2D eigenvalue weighted by Gasteiger charge is -2.12. The van der Waals surface area contributed by atoms with Crippen molar-refractivity contribution in [3.8, 4) is 11.5 Å². The smallest absolute Gasteiger partial charge is 0.293 e. The highest BCUT2D eigenvalue weighted by Gasteiger charge is 2.35. The minimum atomic E-state index is -0.328.